The zero-order valence-electron chi connectivity index (χ0n) is 12.1. The lowest BCUT2D eigenvalue weighted by Crippen LogP contribution is -2.23. The van der Waals surface area contributed by atoms with E-state index in [2.05, 4.69) is 62.0 Å². The van der Waals surface area contributed by atoms with Crippen molar-refractivity contribution in [3.63, 3.8) is 0 Å². The Hall–Kier alpha value is -1.28. The Morgan fingerprint density at radius 1 is 1.22 bits per heavy atom. The fraction of sp³-hybridized carbons (Fsp3) is 0.500. The molecule has 0 saturated heterocycles. The predicted octanol–water partition coefficient (Wildman–Crippen LogP) is 3.68. The quantitative estimate of drug-likeness (QED) is 0.868. The van der Waals surface area contributed by atoms with Crippen molar-refractivity contribution in [1.82, 2.24) is 9.88 Å². The molecule has 0 radical (unpaired) electrons. The van der Waals surface area contributed by atoms with Crippen molar-refractivity contribution in [1.29, 1.82) is 0 Å². The lowest BCUT2D eigenvalue weighted by atomic mass is 10.0. The molecule has 1 aromatic carbocycles. The second-order valence-electron chi connectivity index (χ2n) is 5.57. The van der Waals surface area contributed by atoms with Crippen molar-refractivity contribution < 1.29 is 0 Å². The zero-order chi connectivity index (χ0) is 13.3. The third-order valence-electron chi connectivity index (χ3n) is 3.65. The average Bonchev–Trinajstić information content (AvgIpc) is 2.67. The van der Waals surface area contributed by atoms with E-state index in [1.54, 1.807) is 0 Å². The van der Waals surface area contributed by atoms with Gasteiger partial charge in [0.25, 0.3) is 0 Å². The van der Waals surface area contributed by atoms with Crippen LogP contribution in [-0.2, 0) is 6.42 Å². The molecule has 1 aromatic heterocycles. The fourth-order valence-corrected chi connectivity index (χ4v) is 2.46. The summed E-state index contributed by atoms with van der Waals surface area (Å²) in [5, 5.41) is 4.73. The van der Waals surface area contributed by atoms with Gasteiger partial charge in [-0.2, -0.15) is 0 Å². The molecule has 2 nitrogen and oxygen atoms in total. The second kappa shape index (κ2) is 5.15. The summed E-state index contributed by atoms with van der Waals surface area (Å²) in [5.41, 5.74) is 4.14. The molecule has 1 unspecified atom stereocenters. The van der Waals surface area contributed by atoms with Gasteiger partial charge >= 0.3 is 0 Å². The summed E-state index contributed by atoms with van der Waals surface area (Å²) in [5.74, 6) is 0. The van der Waals surface area contributed by atoms with Crippen LogP contribution in [0, 0.1) is 6.92 Å². The van der Waals surface area contributed by atoms with E-state index in [1.807, 2.05) is 7.05 Å². The van der Waals surface area contributed by atoms with E-state index in [9.17, 15) is 0 Å². The van der Waals surface area contributed by atoms with Crippen LogP contribution < -0.4 is 5.32 Å². The van der Waals surface area contributed by atoms with Crippen molar-refractivity contribution >= 4 is 10.9 Å². The maximum absolute atomic E-state index is 3.32. The number of aromatic nitrogens is 1. The van der Waals surface area contributed by atoms with Gasteiger partial charge in [0.1, 0.15) is 0 Å². The summed E-state index contributed by atoms with van der Waals surface area (Å²) >= 11 is 0. The lowest BCUT2D eigenvalue weighted by molar-refractivity contribution is 0.598. The number of hydrogen-bond acceptors (Lipinski definition) is 1. The van der Waals surface area contributed by atoms with Gasteiger partial charge in [0.05, 0.1) is 0 Å². The molecular weight excluding hydrogens is 220 g/mol. The van der Waals surface area contributed by atoms with E-state index in [1.165, 1.54) is 22.0 Å². The summed E-state index contributed by atoms with van der Waals surface area (Å²) in [6, 6.07) is 7.78. The number of fused-ring (bicyclic) bond motifs is 1. The number of aryl methyl sites for hydroxylation is 1. The van der Waals surface area contributed by atoms with Crippen LogP contribution in [0.3, 0.4) is 0 Å². The molecular formula is C16H24N2. The zero-order valence-corrected chi connectivity index (χ0v) is 12.1. The van der Waals surface area contributed by atoms with E-state index in [0.29, 0.717) is 12.1 Å². The molecule has 0 amide bonds. The average molecular weight is 244 g/mol. The van der Waals surface area contributed by atoms with Gasteiger partial charge < -0.3 is 9.88 Å². The van der Waals surface area contributed by atoms with E-state index in [4.69, 9.17) is 0 Å². The molecule has 0 spiro atoms. The van der Waals surface area contributed by atoms with Crippen molar-refractivity contribution in [2.24, 2.45) is 0 Å². The monoisotopic (exact) mass is 244 g/mol. The van der Waals surface area contributed by atoms with Gasteiger partial charge in [0.15, 0.2) is 0 Å². The summed E-state index contributed by atoms with van der Waals surface area (Å²) in [6.07, 6.45) is 3.40. The molecule has 1 heterocycles. The summed E-state index contributed by atoms with van der Waals surface area (Å²) < 4.78 is 2.38. The second-order valence-corrected chi connectivity index (χ2v) is 5.57. The van der Waals surface area contributed by atoms with Crippen LogP contribution in [0.2, 0.25) is 0 Å². The van der Waals surface area contributed by atoms with Crippen molar-refractivity contribution in [2.75, 3.05) is 7.05 Å². The third-order valence-corrected chi connectivity index (χ3v) is 3.65. The smallest absolute Gasteiger partial charge is 0.0485 e. The van der Waals surface area contributed by atoms with E-state index >= 15 is 0 Å². The molecule has 0 fully saturated rings. The molecule has 98 valence electrons. The highest BCUT2D eigenvalue weighted by molar-refractivity contribution is 5.85. The number of hydrogen-bond donors (Lipinski definition) is 1. The standard InChI is InChI=1S/C16H24N2/c1-11(2)18-10-14(9-13(4)17-5)15-8-12(3)6-7-16(15)18/h6-8,10-11,13,17H,9H2,1-5H3. The van der Waals surface area contributed by atoms with Gasteiger partial charge in [-0.25, -0.2) is 0 Å². The van der Waals surface area contributed by atoms with Crippen molar-refractivity contribution in [3.8, 4) is 0 Å². The minimum absolute atomic E-state index is 0.508. The number of nitrogens with zero attached hydrogens (tertiary/aromatic N) is 1. The summed E-state index contributed by atoms with van der Waals surface area (Å²) in [6.45, 7) is 8.88. The molecule has 0 aliphatic rings. The Labute approximate surface area is 110 Å². The molecule has 18 heavy (non-hydrogen) atoms. The Balaban J connectivity index is 2.54. The van der Waals surface area contributed by atoms with Crippen LogP contribution in [0.5, 0.6) is 0 Å². The van der Waals surface area contributed by atoms with E-state index < -0.39 is 0 Å². The minimum Gasteiger partial charge on any atom is -0.345 e. The van der Waals surface area contributed by atoms with Gasteiger partial charge in [0, 0.05) is 29.2 Å². The third kappa shape index (κ3) is 2.44. The summed E-state index contributed by atoms with van der Waals surface area (Å²) in [4.78, 5) is 0. The van der Waals surface area contributed by atoms with Crippen LogP contribution >= 0.6 is 0 Å². The molecule has 0 aliphatic carbocycles. The van der Waals surface area contributed by atoms with E-state index in [-0.39, 0.29) is 0 Å². The SMILES string of the molecule is CNC(C)Cc1cn(C(C)C)c2ccc(C)cc12. The molecule has 0 bridgehead atoms. The number of rotatable bonds is 4. The molecule has 0 saturated carbocycles. The maximum atomic E-state index is 3.32. The van der Waals surface area contributed by atoms with Gasteiger partial charge in [-0.1, -0.05) is 11.6 Å². The van der Waals surface area contributed by atoms with Crippen molar-refractivity contribution in [3.05, 3.63) is 35.5 Å². The number of nitrogens with one attached hydrogen (secondary N) is 1. The largest absolute Gasteiger partial charge is 0.345 e. The maximum Gasteiger partial charge on any atom is 0.0485 e. The molecule has 2 aromatic rings. The molecule has 2 heteroatoms. The first-order valence-corrected chi connectivity index (χ1v) is 6.80. The Bertz CT molecular complexity index is 537. The van der Waals surface area contributed by atoms with Crippen molar-refractivity contribution in [2.45, 2.75) is 46.2 Å². The fourth-order valence-electron chi connectivity index (χ4n) is 2.46. The van der Waals surface area contributed by atoms with Crippen LogP contribution in [-0.4, -0.2) is 17.7 Å². The minimum atomic E-state index is 0.508. The number of benzene rings is 1. The topological polar surface area (TPSA) is 17.0 Å². The Morgan fingerprint density at radius 3 is 2.56 bits per heavy atom. The van der Waals surface area contributed by atoms with Crippen LogP contribution in [0.15, 0.2) is 24.4 Å². The highest BCUT2D eigenvalue weighted by Gasteiger charge is 2.12. The highest BCUT2D eigenvalue weighted by Crippen LogP contribution is 2.26. The Kier molecular flexibility index (Phi) is 3.76. The highest BCUT2D eigenvalue weighted by atomic mass is 15.0. The van der Waals surface area contributed by atoms with E-state index in [0.717, 1.165) is 6.42 Å². The van der Waals surface area contributed by atoms with Crippen LogP contribution in [0.1, 0.15) is 37.9 Å². The predicted molar refractivity (Wildman–Crippen MR) is 79.3 cm³/mol. The molecule has 0 aliphatic heterocycles. The normalized spacial score (nSPS) is 13.4. The van der Waals surface area contributed by atoms with Crippen LogP contribution in [0.25, 0.3) is 10.9 Å². The first kappa shape index (κ1) is 13.2. The first-order valence-electron chi connectivity index (χ1n) is 6.80. The molecule has 2 rings (SSSR count). The van der Waals surface area contributed by atoms with Crippen LogP contribution in [0.4, 0.5) is 0 Å². The molecule has 1 atom stereocenters. The van der Waals surface area contributed by atoms with Gasteiger partial charge in [-0.15, -0.1) is 0 Å². The Morgan fingerprint density at radius 2 is 1.94 bits per heavy atom. The van der Waals surface area contributed by atoms with Gasteiger partial charge in [-0.05, 0) is 58.9 Å². The summed E-state index contributed by atoms with van der Waals surface area (Å²) in [7, 11) is 2.03. The first-order chi connectivity index (χ1) is 8.52. The lowest BCUT2D eigenvalue weighted by Gasteiger charge is -2.09. The number of likely N-dealkylation sites (N-methyl/N-ethyl adjacent to an activating group) is 1. The molecule has 1 N–H and O–H groups in total. The van der Waals surface area contributed by atoms with Gasteiger partial charge in [-0.3, -0.25) is 0 Å². The van der Waals surface area contributed by atoms with Gasteiger partial charge in [0.2, 0.25) is 0 Å².